The molecule has 2 aromatic rings. The molecule has 1 amide bonds. The lowest BCUT2D eigenvalue weighted by atomic mass is 10.2. The molecule has 2 heterocycles. The summed E-state index contributed by atoms with van der Waals surface area (Å²) in [6, 6.07) is 10.4. The van der Waals surface area contributed by atoms with Gasteiger partial charge in [-0.2, -0.15) is 11.3 Å². The Balaban J connectivity index is 1.46. The molecule has 134 valence electrons. The standard InChI is InChI=1S/C18H22N2O3S2/c21-18(7-13-25(22,23)17-4-2-1-3-5-17)20-10-8-19(9-11-20)14-16-6-12-24-15-16/h1-6,12,15H,7-11,13-14H2. The molecule has 0 N–H and O–H groups in total. The van der Waals surface area contributed by atoms with Gasteiger partial charge < -0.3 is 4.90 Å². The third-order valence-electron chi connectivity index (χ3n) is 4.40. The summed E-state index contributed by atoms with van der Waals surface area (Å²) in [6.45, 7) is 3.89. The minimum Gasteiger partial charge on any atom is -0.340 e. The van der Waals surface area contributed by atoms with Crippen molar-refractivity contribution in [3.05, 3.63) is 52.7 Å². The Kier molecular flexibility index (Phi) is 5.88. The lowest BCUT2D eigenvalue weighted by Crippen LogP contribution is -2.48. The van der Waals surface area contributed by atoms with Gasteiger partial charge in [-0.15, -0.1) is 0 Å². The van der Waals surface area contributed by atoms with E-state index in [1.807, 2.05) is 0 Å². The van der Waals surface area contributed by atoms with Gasteiger partial charge >= 0.3 is 0 Å². The van der Waals surface area contributed by atoms with Gasteiger partial charge in [-0.3, -0.25) is 9.69 Å². The minimum absolute atomic E-state index is 0.0434. The number of amides is 1. The second-order valence-electron chi connectivity index (χ2n) is 6.17. The number of benzene rings is 1. The van der Waals surface area contributed by atoms with E-state index in [1.165, 1.54) is 5.56 Å². The first-order chi connectivity index (χ1) is 12.0. The van der Waals surface area contributed by atoms with Crippen molar-refractivity contribution < 1.29 is 13.2 Å². The number of carbonyl (C=O) groups is 1. The Morgan fingerprint density at radius 2 is 1.76 bits per heavy atom. The molecule has 1 saturated heterocycles. The monoisotopic (exact) mass is 378 g/mol. The highest BCUT2D eigenvalue weighted by atomic mass is 32.2. The fourth-order valence-corrected chi connectivity index (χ4v) is 4.83. The maximum absolute atomic E-state index is 12.3. The zero-order valence-corrected chi connectivity index (χ0v) is 15.6. The normalized spacial score (nSPS) is 16.1. The highest BCUT2D eigenvalue weighted by molar-refractivity contribution is 7.91. The predicted octanol–water partition coefficient (Wildman–Crippen LogP) is 2.26. The second kappa shape index (κ2) is 8.12. The number of sulfone groups is 1. The molecule has 0 saturated carbocycles. The molecule has 0 aliphatic carbocycles. The van der Waals surface area contributed by atoms with E-state index in [1.54, 1.807) is 46.6 Å². The molecular weight excluding hydrogens is 356 g/mol. The van der Waals surface area contributed by atoms with Gasteiger partial charge in [-0.25, -0.2) is 8.42 Å². The van der Waals surface area contributed by atoms with Gasteiger partial charge in [0.1, 0.15) is 0 Å². The maximum Gasteiger partial charge on any atom is 0.223 e. The molecule has 1 aromatic heterocycles. The van der Waals surface area contributed by atoms with Crippen molar-refractivity contribution >= 4 is 27.1 Å². The van der Waals surface area contributed by atoms with Gasteiger partial charge in [-0.1, -0.05) is 18.2 Å². The molecule has 5 nitrogen and oxygen atoms in total. The molecule has 1 aliphatic rings. The summed E-state index contributed by atoms with van der Waals surface area (Å²) in [6.07, 6.45) is 0.0434. The molecular formula is C18H22N2O3S2. The van der Waals surface area contributed by atoms with Crippen LogP contribution in [0, 0.1) is 0 Å². The third-order valence-corrected chi connectivity index (χ3v) is 6.86. The van der Waals surface area contributed by atoms with E-state index in [0.29, 0.717) is 13.1 Å². The molecule has 0 radical (unpaired) electrons. The van der Waals surface area contributed by atoms with Crippen molar-refractivity contribution in [1.29, 1.82) is 0 Å². The van der Waals surface area contributed by atoms with Gasteiger partial charge in [-0.05, 0) is 34.5 Å². The fraction of sp³-hybridized carbons (Fsp3) is 0.389. The third kappa shape index (κ3) is 4.90. The average molecular weight is 379 g/mol. The summed E-state index contributed by atoms with van der Waals surface area (Å²) in [4.78, 5) is 16.7. The van der Waals surface area contributed by atoms with Crippen LogP contribution in [0.2, 0.25) is 0 Å². The van der Waals surface area contributed by atoms with Crippen molar-refractivity contribution in [3.8, 4) is 0 Å². The molecule has 1 aliphatic heterocycles. The lowest BCUT2D eigenvalue weighted by molar-refractivity contribution is -0.132. The SMILES string of the molecule is O=C(CCS(=O)(=O)c1ccccc1)N1CCN(Cc2ccsc2)CC1. The van der Waals surface area contributed by atoms with Crippen LogP contribution < -0.4 is 0 Å². The lowest BCUT2D eigenvalue weighted by Gasteiger charge is -2.34. The Labute approximate surface area is 152 Å². The number of hydrogen-bond donors (Lipinski definition) is 0. The molecule has 0 unspecified atom stereocenters. The minimum atomic E-state index is -3.40. The van der Waals surface area contributed by atoms with Gasteiger partial charge in [0.05, 0.1) is 10.6 Å². The zero-order valence-electron chi connectivity index (χ0n) is 14.0. The zero-order chi connectivity index (χ0) is 17.7. The molecule has 7 heteroatoms. The first-order valence-electron chi connectivity index (χ1n) is 8.33. The van der Waals surface area contributed by atoms with Crippen molar-refractivity contribution in [3.63, 3.8) is 0 Å². The summed E-state index contributed by atoms with van der Waals surface area (Å²) in [5, 5.41) is 4.22. The highest BCUT2D eigenvalue weighted by Gasteiger charge is 2.23. The van der Waals surface area contributed by atoms with Crippen LogP contribution in [0.25, 0.3) is 0 Å². The summed E-state index contributed by atoms with van der Waals surface area (Å²) >= 11 is 1.69. The molecule has 25 heavy (non-hydrogen) atoms. The largest absolute Gasteiger partial charge is 0.340 e. The molecule has 1 fully saturated rings. The van der Waals surface area contributed by atoms with Crippen LogP contribution in [-0.4, -0.2) is 56.1 Å². The molecule has 0 bridgehead atoms. The molecule has 0 atom stereocenters. The summed E-state index contributed by atoms with van der Waals surface area (Å²) in [7, 11) is -3.40. The van der Waals surface area contributed by atoms with Crippen LogP contribution in [0.5, 0.6) is 0 Å². The van der Waals surface area contributed by atoms with Crippen molar-refractivity contribution in [2.75, 3.05) is 31.9 Å². The Morgan fingerprint density at radius 1 is 1.04 bits per heavy atom. The van der Waals surface area contributed by atoms with E-state index >= 15 is 0 Å². The Bertz CT molecular complexity index is 781. The number of piperazine rings is 1. The number of nitrogens with zero attached hydrogens (tertiary/aromatic N) is 2. The average Bonchev–Trinajstić information content (AvgIpc) is 3.14. The topological polar surface area (TPSA) is 57.7 Å². The van der Waals surface area contributed by atoms with Crippen LogP contribution in [0.15, 0.2) is 52.1 Å². The van der Waals surface area contributed by atoms with Crippen LogP contribution in [-0.2, 0) is 21.2 Å². The Morgan fingerprint density at radius 3 is 2.40 bits per heavy atom. The fourth-order valence-electron chi connectivity index (χ4n) is 2.92. The van der Waals surface area contributed by atoms with E-state index in [-0.39, 0.29) is 23.0 Å². The number of thiophene rings is 1. The van der Waals surface area contributed by atoms with Crippen molar-refractivity contribution in [2.45, 2.75) is 17.9 Å². The number of rotatable bonds is 6. The van der Waals surface area contributed by atoms with E-state index < -0.39 is 9.84 Å². The summed E-state index contributed by atoms with van der Waals surface area (Å²) in [5.74, 6) is -0.208. The second-order valence-corrected chi connectivity index (χ2v) is 9.06. The summed E-state index contributed by atoms with van der Waals surface area (Å²) in [5.41, 5.74) is 1.30. The molecule has 1 aromatic carbocycles. The van der Waals surface area contributed by atoms with Crippen LogP contribution in [0.3, 0.4) is 0 Å². The van der Waals surface area contributed by atoms with Gasteiger partial charge in [0, 0.05) is 39.1 Å². The summed E-state index contributed by atoms with van der Waals surface area (Å²) < 4.78 is 24.5. The smallest absolute Gasteiger partial charge is 0.223 e. The van der Waals surface area contributed by atoms with E-state index in [2.05, 4.69) is 21.7 Å². The van der Waals surface area contributed by atoms with E-state index in [4.69, 9.17) is 0 Å². The molecule has 0 spiro atoms. The van der Waals surface area contributed by atoms with E-state index in [0.717, 1.165) is 19.6 Å². The highest BCUT2D eigenvalue weighted by Crippen LogP contribution is 2.14. The van der Waals surface area contributed by atoms with Gasteiger partial charge in [0.2, 0.25) is 5.91 Å². The Hall–Kier alpha value is -1.70. The van der Waals surface area contributed by atoms with Gasteiger partial charge in [0.25, 0.3) is 0 Å². The first-order valence-corrected chi connectivity index (χ1v) is 10.9. The van der Waals surface area contributed by atoms with Crippen molar-refractivity contribution in [2.24, 2.45) is 0 Å². The number of carbonyl (C=O) groups excluding carboxylic acids is 1. The van der Waals surface area contributed by atoms with Crippen LogP contribution in [0.1, 0.15) is 12.0 Å². The maximum atomic E-state index is 12.3. The quantitative estimate of drug-likeness (QED) is 0.774. The molecule has 3 rings (SSSR count). The predicted molar refractivity (Wildman–Crippen MR) is 99.3 cm³/mol. The number of hydrogen-bond acceptors (Lipinski definition) is 5. The van der Waals surface area contributed by atoms with Crippen LogP contribution >= 0.6 is 11.3 Å². The van der Waals surface area contributed by atoms with Gasteiger partial charge in [0.15, 0.2) is 9.84 Å². The van der Waals surface area contributed by atoms with Crippen molar-refractivity contribution in [1.82, 2.24) is 9.80 Å². The first kappa shape index (κ1) is 18.1. The van der Waals surface area contributed by atoms with Crippen LogP contribution in [0.4, 0.5) is 0 Å². The van der Waals surface area contributed by atoms with E-state index in [9.17, 15) is 13.2 Å².